The molecule has 0 saturated carbocycles. The first-order chi connectivity index (χ1) is 4.46. The van der Waals surface area contributed by atoms with Gasteiger partial charge in [-0.15, -0.1) is 0 Å². The van der Waals surface area contributed by atoms with Gasteiger partial charge in [-0.1, -0.05) is 0 Å². The average molecular weight is 250 g/mol. The molecule has 0 spiro atoms. The van der Waals surface area contributed by atoms with Crippen molar-refractivity contribution in [2.75, 3.05) is 0 Å². The average Bonchev–Trinajstić information content (AvgIpc) is 1.84. The van der Waals surface area contributed by atoms with Crippen LogP contribution in [0.3, 0.4) is 0 Å². The summed E-state index contributed by atoms with van der Waals surface area (Å²) in [5.41, 5.74) is 0. The summed E-state index contributed by atoms with van der Waals surface area (Å²) in [4.78, 5) is 19.3. The molecule has 0 aromatic carbocycles. The van der Waals surface area contributed by atoms with Crippen molar-refractivity contribution in [1.82, 2.24) is 0 Å². The zero-order chi connectivity index (χ0) is 8.31. The molecule has 0 aromatic rings. The Balaban J connectivity index is -0.0000000675. The predicted octanol–water partition coefficient (Wildman–Crippen LogP) is -13.7. The minimum atomic E-state index is -2.44. The minimum absolute atomic E-state index is 0. The molecule has 13 heavy (non-hydrogen) atoms. The second-order valence-electron chi connectivity index (χ2n) is 1.53. The molecule has 0 rings (SSSR count). The smallest absolute Gasteiger partial charge is 1.00 e. The summed E-state index contributed by atoms with van der Waals surface area (Å²) < 4.78 is 0. The number of carboxylic acid groups (broad SMARTS) is 2. The Bertz CT molecular complexity index is 152. The summed E-state index contributed by atoms with van der Waals surface area (Å²) in [7, 11) is 0. The van der Waals surface area contributed by atoms with E-state index in [0.29, 0.717) is 0 Å². The number of rotatable bonds is 3. The van der Waals surface area contributed by atoms with Crippen LogP contribution in [0.4, 0.5) is 0 Å². The summed E-state index contributed by atoms with van der Waals surface area (Å²) in [5, 5.41) is 35.7. The number of hydrogen-bond donors (Lipinski definition) is 2. The van der Waals surface area contributed by atoms with Gasteiger partial charge in [0.05, 0.1) is 11.9 Å². The van der Waals surface area contributed by atoms with E-state index in [2.05, 4.69) is 0 Å². The summed E-state index contributed by atoms with van der Waals surface area (Å²) >= 11 is 0. The van der Waals surface area contributed by atoms with Gasteiger partial charge in [-0.25, -0.2) is 0 Å². The second-order valence-corrected chi connectivity index (χ2v) is 1.53. The van der Waals surface area contributed by atoms with Crippen molar-refractivity contribution >= 4 is 11.9 Å². The van der Waals surface area contributed by atoms with Crippen LogP contribution in [0.1, 0.15) is 1.43 Å². The molecule has 2 N–H and O–H groups in total. The van der Waals surface area contributed by atoms with Gasteiger partial charge < -0.3 is 31.4 Å². The Morgan fingerprint density at radius 3 is 1.23 bits per heavy atom. The fourth-order valence-electron chi connectivity index (χ4n) is 0.258. The molecule has 0 saturated heterocycles. The van der Waals surface area contributed by atoms with Crippen molar-refractivity contribution in [3.05, 3.63) is 0 Å². The third-order valence-corrected chi connectivity index (χ3v) is 0.782. The van der Waals surface area contributed by atoms with Crippen LogP contribution in [0.25, 0.3) is 0 Å². The summed E-state index contributed by atoms with van der Waals surface area (Å²) in [6.45, 7) is 0. The number of aliphatic carboxylic acids is 2. The maximum atomic E-state index is 9.63. The first-order valence-corrected chi connectivity index (χ1v) is 2.24. The van der Waals surface area contributed by atoms with Crippen LogP contribution in [0, 0.1) is 0 Å². The minimum Gasteiger partial charge on any atom is -1.00 e. The zero-order valence-corrected chi connectivity index (χ0v) is 15.9. The van der Waals surface area contributed by atoms with E-state index in [1.54, 1.807) is 0 Å². The van der Waals surface area contributed by atoms with Gasteiger partial charge in [-0.2, -0.15) is 0 Å². The predicted molar refractivity (Wildman–Crippen MR) is 23.1 cm³/mol. The molecule has 0 fully saturated rings. The van der Waals surface area contributed by atoms with Crippen LogP contribution in [0.2, 0.25) is 0 Å². The molecular formula is C4H5K2NaO6. The fourth-order valence-corrected chi connectivity index (χ4v) is 0.258. The SMILES string of the molecule is O=C([O-])C(O)C(O)C(=O)[O-].[H-].[K+].[K+].[Na+]. The van der Waals surface area contributed by atoms with Gasteiger partial charge in [0.2, 0.25) is 0 Å². The van der Waals surface area contributed by atoms with Gasteiger partial charge in [0.25, 0.3) is 0 Å². The molecule has 2 atom stereocenters. The molecule has 2 unspecified atom stereocenters. The molecule has 0 amide bonds. The van der Waals surface area contributed by atoms with Gasteiger partial charge in [0, 0.05) is 0 Å². The van der Waals surface area contributed by atoms with Crippen LogP contribution in [0.5, 0.6) is 0 Å². The van der Waals surface area contributed by atoms with Crippen LogP contribution in [0.15, 0.2) is 0 Å². The topological polar surface area (TPSA) is 121 Å². The monoisotopic (exact) mass is 250 g/mol. The van der Waals surface area contributed by atoms with Crippen molar-refractivity contribution in [2.45, 2.75) is 12.2 Å². The Hall–Kier alpha value is 3.13. The third-order valence-electron chi connectivity index (χ3n) is 0.782. The van der Waals surface area contributed by atoms with Gasteiger partial charge in [0.15, 0.2) is 0 Å². The Kier molecular flexibility index (Phi) is 25.5. The fraction of sp³-hybridized carbons (Fsp3) is 0.500. The number of aliphatic hydroxyl groups is 2. The van der Waals surface area contributed by atoms with Gasteiger partial charge in [-0.3, -0.25) is 0 Å². The number of hydrogen-bond acceptors (Lipinski definition) is 6. The molecule has 0 bridgehead atoms. The molecule has 0 aliphatic carbocycles. The molecule has 9 heteroatoms. The van der Waals surface area contributed by atoms with E-state index >= 15 is 0 Å². The Morgan fingerprint density at radius 1 is 1.00 bits per heavy atom. The first kappa shape index (κ1) is 25.1. The normalized spacial score (nSPS) is 12.2. The number of carbonyl (C=O) groups excluding carboxylic acids is 2. The van der Waals surface area contributed by atoms with Crippen LogP contribution in [-0.2, 0) is 9.59 Å². The summed E-state index contributed by atoms with van der Waals surface area (Å²) in [6, 6.07) is 0. The van der Waals surface area contributed by atoms with E-state index in [0.717, 1.165) is 0 Å². The molecule has 60 valence electrons. The largest absolute Gasteiger partial charge is 1.00 e. The summed E-state index contributed by atoms with van der Waals surface area (Å²) in [5.74, 6) is -4.12. The van der Waals surface area contributed by atoms with Crippen LogP contribution < -0.4 is 143 Å². The van der Waals surface area contributed by atoms with Gasteiger partial charge in [0.1, 0.15) is 12.2 Å². The van der Waals surface area contributed by atoms with Crippen molar-refractivity contribution < 1.29 is 164 Å². The van der Waals surface area contributed by atoms with E-state index in [4.69, 9.17) is 10.2 Å². The van der Waals surface area contributed by atoms with E-state index in [9.17, 15) is 19.8 Å². The van der Waals surface area contributed by atoms with E-state index in [-0.39, 0.29) is 134 Å². The van der Waals surface area contributed by atoms with E-state index in [1.807, 2.05) is 0 Å². The molecule has 0 aliphatic heterocycles. The quantitative estimate of drug-likeness (QED) is 0.480. The van der Waals surface area contributed by atoms with Crippen molar-refractivity contribution in [3.63, 3.8) is 0 Å². The number of aliphatic hydroxyl groups excluding tert-OH is 2. The molecular weight excluding hydrogens is 245 g/mol. The molecule has 0 radical (unpaired) electrons. The molecule has 0 heterocycles. The molecule has 6 nitrogen and oxygen atoms in total. The maximum absolute atomic E-state index is 9.63. The summed E-state index contributed by atoms with van der Waals surface area (Å²) in [6.07, 6.45) is -4.88. The second kappa shape index (κ2) is 13.2. The number of carboxylic acids is 2. The van der Waals surface area contributed by atoms with Crippen molar-refractivity contribution in [3.8, 4) is 0 Å². The van der Waals surface area contributed by atoms with Crippen molar-refractivity contribution in [1.29, 1.82) is 0 Å². The standard InChI is InChI=1S/C4H6O6.2K.Na.H/c5-1(3(7)8)2(6)4(9)10;;;;/h1-2,5-6H,(H,7,8)(H,9,10);;;;/q;3*+1;-1/p-2. The van der Waals surface area contributed by atoms with Crippen LogP contribution >= 0.6 is 0 Å². The Labute approximate surface area is 183 Å². The van der Waals surface area contributed by atoms with Crippen LogP contribution in [-0.4, -0.2) is 34.4 Å². The zero-order valence-electron chi connectivity index (χ0n) is 8.68. The maximum Gasteiger partial charge on any atom is 1.00 e. The van der Waals surface area contributed by atoms with E-state index in [1.165, 1.54) is 0 Å². The van der Waals surface area contributed by atoms with E-state index < -0.39 is 24.1 Å². The van der Waals surface area contributed by atoms with Gasteiger partial charge >= 0.3 is 132 Å². The van der Waals surface area contributed by atoms with Crippen molar-refractivity contribution in [2.24, 2.45) is 0 Å². The number of carbonyl (C=O) groups is 2. The van der Waals surface area contributed by atoms with Gasteiger partial charge in [-0.05, 0) is 0 Å². The molecule has 0 aliphatic rings. The molecule has 0 aromatic heterocycles. The first-order valence-electron chi connectivity index (χ1n) is 2.24. The third kappa shape index (κ3) is 11.4. The Morgan fingerprint density at radius 2 is 1.15 bits per heavy atom.